The van der Waals surface area contributed by atoms with Crippen LogP contribution in [0.3, 0.4) is 0 Å². The maximum Gasteiger partial charge on any atom is 0.258 e. The molecule has 1 N–H and O–H groups in total. The largest absolute Gasteiger partial charge is 0.383 e. The number of anilines is 1. The zero-order valence-electron chi connectivity index (χ0n) is 16.3. The summed E-state index contributed by atoms with van der Waals surface area (Å²) >= 11 is 0. The van der Waals surface area contributed by atoms with Gasteiger partial charge in [-0.15, -0.1) is 0 Å². The highest BCUT2D eigenvalue weighted by atomic mass is 16.3. The van der Waals surface area contributed by atoms with Crippen LogP contribution in [0.25, 0.3) is 0 Å². The van der Waals surface area contributed by atoms with E-state index in [0.29, 0.717) is 13.0 Å². The molecule has 3 fully saturated rings. The SMILES string of the molecule is O=C1CC2(CCCC2)C(O)C(=O)N1CCCN1CCN(c2ncccn2)CC1. The van der Waals surface area contributed by atoms with E-state index in [1.54, 1.807) is 12.4 Å². The lowest BCUT2D eigenvalue weighted by atomic mass is 9.74. The van der Waals surface area contributed by atoms with Gasteiger partial charge in [0.25, 0.3) is 5.91 Å². The number of hydrogen-bond donors (Lipinski definition) is 1. The van der Waals surface area contributed by atoms with Gasteiger partial charge < -0.3 is 10.0 Å². The summed E-state index contributed by atoms with van der Waals surface area (Å²) in [5, 5.41) is 10.5. The van der Waals surface area contributed by atoms with Crippen molar-refractivity contribution in [3.63, 3.8) is 0 Å². The number of amides is 2. The number of likely N-dealkylation sites (tertiary alicyclic amines) is 1. The Bertz CT molecular complexity index is 699. The van der Waals surface area contributed by atoms with Crippen LogP contribution in [0.4, 0.5) is 5.95 Å². The molecule has 0 bridgehead atoms. The number of rotatable bonds is 5. The predicted octanol–water partition coefficient (Wildman–Crippen LogP) is 0.669. The Hall–Kier alpha value is -2.06. The van der Waals surface area contributed by atoms with Gasteiger partial charge in [0.1, 0.15) is 6.10 Å². The molecule has 1 aromatic heterocycles. The summed E-state index contributed by atoms with van der Waals surface area (Å²) < 4.78 is 0. The molecule has 2 amide bonds. The Morgan fingerprint density at radius 2 is 1.71 bits per heavy atom. The minimum atomic E-state index is -1.01. The smallest absolute Gasteiger partial charge is 0.258 e. The maximum atomic E-state index is 12.6. The molecule has 0 aromatic carbocycles. The van der Waals surface area contributed by atoms with E-state index < -0.39 is 11.5 Å². The van der Waals surface area contributed by atoms with Gasteiger partial charge in [0.05, 0.1) is 0 Å². The number of carbonyl (C=O) groups excluding carboxylic acids is 2. The van der Waals surface area contributed by atoms with E-state index in [2.05, 4.69) is 19.8 Å². The van der Waals surface area contributed by atoms with E-state index in [9.17, 15) is 14.7 Å². The van der Waals surface area contributed by atoms with E-state index in [0.717, 1.165) is 70.8 Å². The number of carbonyl (C=O) groups is 2. The highest BCUT2D eigenvalue weighted by Gasteiger charge is 2.52. The molecule has 1 unspecified atom stereocenters. The molecule has 4 rings (SSSR count). The van der Waals surface area contributed by atoms with Crippen LogP contribution in [0.2, 0.25) is 0 Å². The van der Waals surface area contributed by atoms with Crippen LogP contribution in [-0.4, -0.2) is 82.1 Å². The lowest BCUT2D eigenvalue weighted by Crippen LogP contribution is -2.57. The topological polar surface area (TPSA) is 89.9 Å². The minimum Gasteiger partial charge on any atom is -0.383 e. The number of hydrogen-bond acceptors (Lipinski definition) is 7. The predicted molar refractivity (Wildman–Crippen MR) is 104 cm³/mol. The second kappa shape index (κ2) is 8.13. The molecule has 152 valence electrons. The Balaban J connectivity index is 1.23. The Morgan fingerprint density at radius 1 is 1.04 bits per heavy atom. The van der Waals surface area contributed by atoms with Gasteiger partial charge in [0.2, 0.25) is 11.9 Å². The Labute approximate surface area is 165 Å². The summed E-state index contributed by atoms with van der Waals surface area (Å²) in [5.74, 6) is 0.272. The molecule has 1 saturated carbocycles. The van der Waals surface area contributed by atoms with Crippen molar-refractivity contribution >= 4 is 17.8 Å². The van der Waals surface area contributed by atoms with E-state index >= 15 is 0 Å². The van der Waals surface area contributed by atoms with Crippen molar-refractivity contribution in [1.29, 1.82) is 0 Å². The van der Waals surface area contributed by atoms with Gasteiger partial charge >= 0.3 is 0 Å². The van der Waals surface area contributed by atoms with Crippen molar-refractivity contribution in [3.8, 4) is 0 Å². The van der Waals surface area contributed by atoms with Crippen molar-refractivity contribution in [1.82, 2.24) is 19.8 Å². The van der Waals surface area contributed by atoms with Gasteiger partial charge in [0.15, 0.2) is 0 Å². The summed E-state index contributed by atoms with van der Waals surface area (Å²) in [6, 6.07) is 1.81. The van der Waals surface area contributed by atoms with E-state index in [1.807, 2.05) is 6.07 Å². The van der Waals surface area contributed by atoms with Gasteiger partial charge in [0, 0.05) is 57.0 Å². The first kappa shape index (κ1) is 19.3. The van der Waals surface area contributed by atoms with Crippen LogP contribution in [0, 0.1) is 5.41 Å². The second-order valence-corrected chi connectivity index (χ2v) is 8.26. The Kier molecular flexibility index (Phi) is 5.59. The zero-order valence-corrected chi connectivity index (χ0v) is 16.3. The number of nitrogens with zero attached hydrogens (tertiary/aromatic N) is 5. The van der Waals surface area contributed by atoms with Crippen LogP contribution < -0.4 is 4.90 Å². The van der Waals surface area contributed by atoms with Crippen molar-refractivity contribution in [2.75, 3.05) is 44.2 Å². The molecule has 1 atom stereocenters. The fourth-order valence-electron chi connectivity index (χ4n) is 4.87. The van der Waals surface area contributed by atoms with Gasteiger partial charge in [-0.1, -0.05) is 12.8 Å². The summed E-state index contributed by atoms with van der Waals surface area (Å²) in [6.45, 7) is 4.78. The minimum absolute atomic E-state index is 0.108. The van der Waals surface area contributed by atoms with Gasteiger partial charge in [-0.05, 0) is 31.9 Å². The third kappa shape index (κ3) is 3.75. The molecular formula is C20H29N5O3. The summed E-state index contributed by atoms with van der Waals surface area (Å²) in [5.41, 5.74) is -0.486. The fraction of sp³-hybridized carbons (Fsp3) is 0.700. The lowest BCUT2D eigenvalue weighted by molar-refractivity contribution is -0.166. The van der Waals surface area contributed by atoms with Crippen LogP contribution in [0.5, 0.6) is 0 Å². The van der Waals surface area contributed by atoms with Crippen molar-refractivity contribution in [3.05, 3.63) is 18.5 Å². The van der Waals surface area contributed by atoms with E-state index in [4.69, 9.17) is 0 Å². The van der Waals surface area contributed by atoms with E-state index in [1.165, 1.54) is 4.90 Å². The fourth-order valence-corrected chi connectivity index (χ4v) is 4.87. The molecular weight excluding hydrogens is 358 g/mol. The summed E-state index contributed by atoms with van der Waals surface area (Å²) in [7, 11) is 0. The summed E-state index contributed by atoms with van der Waals surface area (Å²) in [4.78, 5) is 39.6. The number of imide groups is 1. The maximum absolute atomic E-state index is 12.6. The quantitative estimate of drug-likeness (QED) is 0.743. The second-order valence-electron chi connectivity index (χ2n) is 8.26. The van der Waals surface area contributed by atoms with Crippen LogP contribution in [-0.2, 0) is 9.59 Å². The van der Waals surface area contributed by atoms with Gasteiger partial charge in [-0.25, -0.2) is 9.97 Å². The zero-order chi connectivity index (χ0) is 19.6. The molecule has 3 aliphatic rings. The normalized spacial score (nSPS) is 25.7. The highest BCUT2D eigenvalue weighted by molar-refractivity contribution is 6.01. The first-order chi connectivity index (χ1) is 13.6. The van der Waals surface area contributed by atoms with Crippen LogP contribution >= 0.6 is 0 Å². The standard InChI is InChI=1S/C20H29N5O3/c26-16-15-20(5-1-2-6-20)17(27)18(28)25(16)10-4-9-23-11-13-24(14-12-23)19-21-7-3-8-22-19/h3,7-8,17,27H,1-2,4-6,9-15H2. The molecule has 1 aromatic rings. The van der Waals surface area contributed by atoms with E-state index in [-0.39, 0.29) is 11.8 Å². The highest BCUT2D eigenvalue weighted by Crippen LogP contribution is 2.47. The number of piperazine rings is 1. The van der Waals surface area contributed by atoms with Crippen molar-refractivity contribution < 1.29 is 14.7 Å². The Morgan fingerprint density at radius 3 is 2.39 bits per heavy atom. The molecule has 8 nitrogen and oxygen atoms in total. The monoisotopic (exact) mass is 387 g/mol. The molecule has 1 aliphatic carbocycles. The van der Waals surface area contributed by atoms with Crippen LogP contribution in [0.15, 0.2) is 18.5 Å². The average Bonchev–Trinajstić information content (AvgIpc) is 3.19. The molecule has 2 saturated heterocycles. The number of aromatic nitrogens is 2. The molecule has 0 radical (unpaired) electrons. The lowest BCUT2D eigenvalue weighted by Gasteiger charge is -2.41. The molecule has 1 spiro atoms. The van der Waals surface area contributed by atoms with Crippen LogP contribution in [0.1, 0.15) is 38.5 Å². The third-order valence-corrected chi connectivity index (χ3v) is 6.55. The first-order valence-corrected chi connectivity index (χ1v) is 10.4. The average molecular weight is 387 g/mol. The molecule has 8 heteroatoms. The molecule has 3 heterocycles. The summed E-state index contributed by atoms with van der Waals surface area (Å²) in [6.07, 6.45) is 7.12. The van der Waals surface area contributed by atoms with Gasteiger partial charge in [-0.2, -0.15) is 0 Å². The van der Waals surface area contributed by atoms with Crippen molar-refractivity contribution in [2.45, 2.75) is 44.6 Å². The van der Waals surface area contributed by atoms with Gasteiger partial charge in [-0.3, -0.25) is 19.4 Å². The third-order valence-electron chi connectivity index (χ3n) is 6.55. The van der Waals surface area contributed by atoms with Crippen molar-refractivity contribution in [2.24, 2.45) is 5.41 Å². The number of aliphatic hydroxyl groups is 1. The molecule has 28 heavy (non-hydrogen) atoms. The first-order valence-electron chi connectivity index (χ1n) is 10.4. The number of aliphatic hydroxyl groups excluding tert-OH is 1. The molecule has 2 aliphatic heterocycles. The number of piperidine rings is 1.